The molecule has 1 fully saturated rings. The summed E-state index contributed by atoms with van der Waals surface area (Å²) in [5.41, 5.74) is 7.67. The Balaban J connectivity index is 1.95. The third kappa shape index (κ3) is 2.61. The lowest BCUT2D eigenvalue weighted by Crippen LogP contribution is -2.27. The molecule has 0 saturated carbocycles. The third-order valence-electron chi connectivity index (χ3n) is 3.64. The molecule has 2 aromatic heterocycles. The van der Waals surface area contributed by atoms with E-state index in [0.29, 0.717) is 11.6 Å². The van der Waals surface area contributed by atoms with Crippen molar-refractivity contribution in [2.75, 3.05) is 18.9 Å². The van der Waals surface area contributed by atoms with Gasteiger partial charge in [0.25, 0.3) is 0 Å². The van der Waals surface area contributed by atoms with E-state index in [0.717, 1.165) is 26.1 Å². The Morgan fingerprint density at radius 3 is 2.79 bits per heavy atom. The Morgan fingerprint density at radius 1 is 1.32 bits per heavy atom. The summed E-state index contributed by atoms with van der Waals surface area (Å²) in [6.07, 6.45) is 9.38. The van der Waals surface area contributed by atoms with Gasteiger partial charge in [-0.15, -0.1) is 0 Å². The zero-order chi connectivity index (χ0) is 13.1. The molecule has 5 heteroatoms. The summed E-state index contributed by atoms with van der Waals surface area (Å²) in [4.78, 5) is 4.23. The molecule has 1 aliphatic heterocycles. The molecule has 1 saturated heterocycles. The molecule has 100 valence electrons. The summed E-state index contributed by atoms with van der Waals surface area (Å²) in [6, 6.07) is 4.26. The molecule has 0 aliphatic carbocycles. The van der Waals surface area contributed by atoms with Gasteiger partial charge in [-0.3, -0.25) is 9.67 Å². The minimum absolute atomic E-state index is 0.190. The number of hydrogen-bond acceptors (Lipinski definition) is 4. The second kappa shape index (κ2) is 5.40. The van der Waals surface area contributed by atoms with Crippen LogP contribution in [0.1, 0.15) is 24.4 Å². The lowest BCUT2D eigenvalue weighted by atomic mass is 9.88. The molecule has 0 spiro atoms. The maximum Gasteiger partial charge on any atom is 0.0814 e. The number of nitrogens with zero attached hydrogens (tertiary/aromatic N) is 3. The van der Waals surface area contributed by atoms with Gasteiger partial charge in [0.15, 0.2) is 0 Å². The van der Waals surface area contributed by atoms with Gasteiger partial charge in [0.2, 0.25) is 0 Å². The van der Waals surface area contributed by atoms with Crippen LogP contribution in [0.5, 0.6) is 0 Å². The first-order valence-electron chi connectivity index (χ1n) is 6.62. The fraction of sp³-hybridized carbons (Fsp3) is 0.429. The monoisotopic (exact) mass is 258 g/mol. The van der Waals surface area contributed by atoms with Crippen molar-refractivity contribution in [3.63, 3.8) is 0 Å². The fourth-order valence-electron chi connectivity index (χ4n) is 2.73. The van der Waals surface area contributed by atoms with Crippen molar-refractivity contribution in [2.24, 2.45) is 5.92 Å². The van der Waals surface area contributed by atoms with Crippen LogP contribution in [0.4, 0.5) is 5.69 Å². The molecule has 0 aromatic carbocycles. The van der Waals surface area contributed by atoms with Crippen LogP contribution in [-0.2, 0) is 4.74 Å². The molecule has 3 rings (SSSR count). The van der Waals surface area contributed by atoms with Gasteiger partial charge in [0, 0.05) is 31.8 Å². The van der Waals surface area contributed by atoms with E-state index in [1.165, 1.54) is 5.56 Å². The molecule has 5 nitrogen and oxygen atoms in total. The van der Waals surface area contributed by atoms with Gasteiger partial charge in [-0.1, -0.05) is 6.07 Å². The normalized spacial score (nSPS) is 18.3. The molecular formula is C14H18N4O. The molecule has 0 amide bonds. The van der Waals surface area contributed by atoms with Crippen LogP contribution >= 0.6 is 0 Å². The maximum absolute atomic E-state index is 5.80. The first-order valence-corrected chi connectivity index (χ1v) is 6.62. The number of anilines is 1. The number of rotatable bonds is 3. The Labute approximate surface area is 112 Å². The fourth-order valence-corrected chi connectivity index (χ4v) is 2.73. The van der Waals surface area contributed by atoms with E-state index in [9.17, 15) is 0 Å². The SMILES string of the molecule is Nc1cnn(C(c2cccnc2)C2CCOCC2)c1. The van der Waals surface area contributed by atoms with Crippen molar-refractivity contribution in [3.8, 4) is 0 Å². The van der Waals surface area contributed by atoms with Crippen molar-refractivity contribution in [2.45, 2.75) is 18.9 Å². The van der Waals surface area contributed by atoms with E-state index >= 15 is 0 Å². The van der Waals surface area contributed by atoms with Gasteiger partial charge in [-0.25, -0.2) is 0 Å². The Morgan fingerprint density at radius 2 is 2.16 bits per heavy atom. The minimum atomic E-state index is 0.190. The van der Waals surface area contributed by atoms with Crippen LogP contribution in [0, 0.1) is 5.92 Å². The van der Waals surface area contributed by atoms with Crippen LogP contribution in [0.15, 0.2) is 36.9 Å². The van der Waals surface area contributed by atoms with Gasteiger partial charge in [-0.2, -0.15) is 5.10 Å². The number of aromatic nitrogens is 3. The Bertz CT molecular complexity index is 519. The number of nitrogens with two attached hydrogens (primary N) is 1. The van der Waals surface area contributed by atoms with Crippen LogP contribution in [-0.4, -0.2) is 28.0 Å². The number of pyridine rings is 1. The summed E-state index contributed by atoms with van der Waals surface area (Å²) in [7, 11) is 0. The average molecular weight is 258 g/mol. The quantitative estimate of drug-likeness (QED) is 0.912. The van der Waals surface area contributed by atoms with Crippen molar-refractivity contribution in [1.29, 1.82) is 0 Å². The summed E-state index contributed by atoms with van der Waals surface area (Å²) < 4.78 is 7.42. The molecule has 3 heterocycles. The van der Waals surface area contributed by atoms with Crippen molar-refractivity contribution >= 4 is 5.69 Å². The summed E-state index contributed by atoms with van der Waals surface area (Å²) in [6.45, 7) is 1.64. The van der Waals surface area contributed by atoms with Crippen LogP contribution in [0.2, 0.25) is 0 Å². The van der Waals surface area contributed by atoms with E-state index in [-0.39, 0.29) is 6.04 Å². The molecule has 1 unspecified atom stereocenters. The van der Waals surface area contributed by atoms with Gasteiger partial charge in [0.05, 0.1) is 17.9 Å². The maximum atomic E-state index is 5.80. The summed E-state index contributed by atoms with van der Waals surface area (Å²) >= 11 is 0. The molecule has 1 atom stereocenters. The first kappa shape index (κ1) is 12.2. The van der Waals surface area contributed by atoms with Crippen LogP contribution in [0.25, 0.3) is 0 Å². The van der Waals surface area contributed by atoms with Crippen LogP contribution < -0.4 is 5.73 Å². The second-order valence-electron chi connectivity index (χ2n) is 4.93. The first-order chi connectivity index (χ1) is 9.34. The van der Waals surface area contributed by atoms with E-state index in [1.54, 1.807) is 12.4 Å². The highest BCUT2D eigenvalue weighted by molar-refractivity contribution is 5.31. The highest BCUT2D eigenvalue weighted by Gasteiger charge is 2.27. The molecule has 2 N–H and O–H groups in total. The predicted octanol–water partition coefficient (Wildman–Crippen LogP) is 1.88. The molecule has 0 radical (unpaired) electrons. The lowest BCUT2D eigenvalue weighted by Gasteiger charge is -2.30. The molecule has 2 aromatic rings. The standard InChI is InChI=1S/C14H18N4O/c15-13-9-17-18(10-13)14(11-3-6-19-7-4-11)12-2-1-5-16-8-12/h1-2,5,8-11,14H,3-4,6-7,15H2. The van der Waals surface area contributed by atoms with Crippen molar-refractivity contribution < 1.29 is 4.74 Å². The van der Waals surface area contributed by atoms with E-state index in [1.807, 2.05) is 23.1 Å². The van der Waals surface area contributed by atoms with Crippen LogP contribution in [0.3, 0.4) is 0 Å². The highest BCUT2D eigenvalue weighted by atomic mass is 16.5. The molecule has 0 bridgehead atoms. The molecule has 19 heavy (non-hydrogen) atoms. The summed E-state index contributed by atoms with van der Waals surface area (Å²) in [5, 5.41) is 4.39. The molecular weight excluding hydrogens is 240 g/mol. The number of nitrogen functional groups attached to an aromatic ring is 1. The summed E-state index contributed by atoms with van der Waals surface area (Å²) in [5.74, 6) is 0.511. The van der Waals surface area contributed by atoms with Crippen molar-refractivity contribution in [3.05, 3.63) is 42.5 Å². The Hall–Kier alpha value is -1.88. The smallest absolute Gasteiger partial charge is 0.0814 e. The minimum Gasteiger partial charge on any atom is -0.396 e. The number of ether oxygens (including phenoxy) is 1. The predicted molar refractivity (Wildman–Crippen MR) is 72.6 cm³/mol. The van der Waals surface area contributed by atoms with E-state index < -0.39 is 0 Å². The topological polar surface area (TPSA) is 66.0 Å². The van der Waals surface area contributed by atoms with E-state index in [2.05, 4.69) is 16.1 Å². The van der Waals surface area contributed by atoms with E-state index in [4.69, 9.17) is 10.5 Å². The third-order valence-corrected chi connectivity index (χ3v) is 3.64. The Kier molecular flexibility index (Phi) is 3.46. The molecule has 1 aliphatic rings. The zero-order valence-corrected chi connectivity index (χ0v) is 10.8. The van der Waals surface area contributed by atoms with Gasteiger partial charge < -0.3 is 10.5 Å². The largest absolute Gasteiger partial charge is 0.396 e. The van der Waals surface area contributed by atoms with Crippen molar-refractivity contribution in [1.82, 2.24) is 14.8 Å². The zero-order valence-electron chi connectivity index (χ0n) is 10.8. The average Bonchev–Trinajstić information content (AvgIpc) is 2.88. The number of hydrogen-bond donors (Lipinski definition) is 1. The van der Waals surface area contributed by atoms with Gasteiger partial charge in [0.1, 0.15) is 0 Å². The van der Waals surface area contributed by atoms with Gasteiger partial charge >= 0.3 is 0 Å². The highest BCUT2D eigenvalue weighted by Crippen LogP contribution is 2.33. The van der Waals surface area contributed by atoms with Gasteiger partial charge in [-0.05, 0) is 30.4 Å². The lowest BCUT2D eigenvalue weighted by molar-refractivity contribution is 0.0526. The second-order valence-corrected chi connectivity index (χ2v) is 4.93.